The summed E-state index contributed by atoms with van der Waals surface area (Å²) in [5, 5.41) is 13.0. The number of halogens is 1. The summed E-state index contributed by atoms with van der Waals surface area (Å²) >= 11 is 5.97. The Bertz CT molecular complexity index is 431. The maximum absolute atomic E-state index is 11.6. The second kappa shape index (κ2) is 5.45. The molecule has 0 fully saturated rings. The fourth-order valence-electron chi connectivity index (χ4n) is 1.27. The smallest absolute Gasteiger partial charge is 0.304 e. The minimum atomic E-state index is -1.22. The van der Waals surface area contributed by atoms with E-state index < -0.39 is 16.8 Å². The number of carboxylic acids is 1. The molecule has 0 saturated heterocycles. The highest BCUT2D eigenvalue weighted by atomic mass is 35.5. The molecule has 16 heavy (non-hydrogen) atoms. The minimum absolute atomic E-state index is 0.0937. The van der Waals surface area contributed by atoms with Crippen molar-refractivity contribution in [3.8, 4) is 0 Å². The Kier molecular flexibility index (Phi) is 4.49. The Morgan fingerprint density at radius 1 is 1.62 bits per heavy atom. The van der Waals surface area contributed by atoms with E-state index in [0.717, 1.165) is 11.3 Å². The lowest BCUT2D eigenvalue weighted by molar-refractivity contribution is -0.136. The fourth-order valence-corrected chi connectivity index (χ4v) is 2.81. The average Bonchev–Trinajstić information content (AvgIpc) is 2.42. The van der Waals surface area contributed by atoms with Crippen molar-refractivity contribution in [3.63, 3.8) is 0 Å². The van der Waals surface area contributed by atoms with Gasteiger partial charge in [-0.25, -0.2) is 0 Å². The molecular formula is C9H13ClN2O3S. The van der Waals surface area contributed by atoms with Gasteiger partial charge in [-0.1, -0.05) is 11.6 Å². The van der Waals surface area contributed by atoms with Crippen molar-refractivity contribution in [2.75, 3.05) is 5.75 Å². The number of aryl methyl sites for hydroxylation is 2. The van der Waals surface area contributed by atoms with Crippen LogP contribution in [0.1, 0.15) is 17.7 Å². The Hall–Kier alpha value is -0.880. The van der Waals surface area contributed by atoms with Crippen molar-refractivity contribution in [2.24, 2.45) is 7.05 Å². The first-order chi connectivity index (χ1) is 7.41. The summed E-state index contributed by atoms with van der Waals surface area (Å²) in [5.74, 6) is -0.548. The minimum Gasteiger partial charge on any atom is -0.481 e. The van der Waals surface area contributed by atoms with Crippen LogP contribution in [-0.2, 0) is 28.4 Å². The standard InChI is InChI=1S/C9H13ClN2O3S/c1-6-7(9(10)12(2)11-6)5-16(15)4-3-8(13)14/h3-5H2,1-2H3,(H,13,14). The van der Waals surface area contributed by atoms with Gasteiger partial charge in [0.15, 0.2) is 0 Å². The summed E-state index contributed by atoms with van der Waals surface area (Å²) in [6, 6.07) is 0. The molecule has 0 saturated carbocycles. The summed E-state index contributed by atoms with van der Waals surface area (Å²) in [7, 11) is 0.490. The van der Waals surface area contributed by atoms with Crippen LogP contribution in [0.25, 0.3) is 0 Å². The van der Waals surface area contributed by atoms with Crippen LogP contribution in [0.15, 0.2) is 0 Å². The van der Waals surface area contributed by atoms with E-state index in [4.69, 9.17) is 16.7 Å². The first-order valence-corrected chi connectivity index (χ1v) is 6.53. The fraction of sp³-hybridized carbons (Fsp3) is 0.556. The molecule has 0 spiro atoms. The number of nitrogens with zero attached hydrogens (tertiary/aromatic N) is 2. The monoisotopic (exact) mass is 264 g/mol. The molecule has 1 aromatic heterocycles. The van der Waals surface area contributed by atoms with Gasteiger partial charge in [-0.2, -0.15) is 5.10 Å². The molecule has 1 heterocycles. The lowest BCUT2D eigenvalue weighted by Crippen LogP contribution is -2.07. The largest absolute Gasteiger partial charge is 0.481 e. The quantitative estimate of drug-likeness (QED) is 0.865. The predicted molar refractivity (Wildman–Crippen MR) is 61.9 cm³/mol. The van der Waals surface area contributed by atoms with E-state index in [-0.39, 0.29) is 17.9 Å². The van der Waals surface area contributed by atoms with Crippen molar-refractivity contribution in [3.05, 3.63) is 16.4 Å². The summed E-state index contributed by atoms with van der Waals surface area (Å²) in [6.07, 6.45) is -0.0937. The zero-order valence-electron chi connectivity index (χ0n) is 9.07. The van der Waals surface area contributed by atoms with Crippen LogP contribution >= 0.6 is 11.6 Å². The second-order valence-electron chi connectivity index (χ2n) is 3.41. The van der Waals surface area contributed by atoms with Crippen LogP contribution in [-0.4, -0.2) is 30.8 Å². The second-order valence-corrected chi connectivity index (χ2v) is 5.34. The summed E-state index contributed by atoms with van der Waals surface area (Å²) in [5.41, 5.74) is 1.46. The van der Waals surface area contributed by atoms with Gasteiger partial charge in [-0.05, 0) is 6.92 Å². The molecule has 0 aliphatic rings. The molecule has 0 aliphatic carbocycles. The van der Waals surface area contributed by atoms with Crippen LogP contribution in [0.3, 0.4) is 0 Å². The topological polar surface area (TPSA) is 72.2 Å². The highest BCUT2D eigenvalue weighted by molar-refractivity contribution is 7.84. The average molecular weight is 265 g/mol. The van der Waals surface area contributed by atoms with E-state index in [2.05, 4.69) is 5.10 Å². The van der Waals surface area contributed by atoms with Gasteiger partial charge >= 0.3 is 5.97 Å². The number of hydrogen-bond acceptors (Lipinski definition) is 3. The molecular weight excluding hydrogens is 252 g/mol. The van der Waals surface area contributed by atoms with Gasteiger partial charge < -0.3 is 5.11 Å². The zero-order valence-corrected chi connectivity index (χ0v) is 10.6. The first kappa shape index (κ1) is 13.2. The molecule has 0 aromatic carbocycles. The Balaban J connectivity index is 2.66. The van der Waals surface area contributed by atoms with Crippen LogP contribution in [0.2, 0.25) is 5.15 Å². The zero-order chi connectivity index (χ0) is 12.3. The Morgan fingerprint density at radius 2 is 2.25 bits per heavy atom. The number of hydrogen-bond donors (Lipinski definition) is 1. The van der Waals surface area contributed by atoms with Crippen LogP contribution in [0.4, 0.5) is 0 Å². The number of aliphatic carboxylic acids is 1. The molecule has 1 atom stereocenters. The number of carboxylic acid groups (broad SMARTS) is 1. The molecule has 0 bridgehead atoms. The molecule has 0 aliphatic heterocycles. The van der Waals surface area contributed by atoms with Gasteiger partial charge in [0.25, 0.3) is 0 Å². The molecule has 90 valence electrons. The third-order valence-corrected chi connectivity index (χ3v) is 3.86. The molecule has 0 amide bonds. The number of aromatic nitrogens is 2. The molecule has 1 N–H and O–H groups in total. The third kappa shape index (κ3) is 3.31. The molecule has 1 rings (SSSR count). The molecule has 5 nitrogen and oxygen atoms in total. The lowest BCUT2D eigenvalue weighted by Gasteiger charge is -2.00. The molecule has 7 heteroatoms. The van der Waals surface area contributed by atoms with Crippen molar-refractivity contribution in [1.29, 1.82) is 0 Å². The maximum Gasteiger partial charge on any atom is 0.304 e. The van der Waals surface area contributed by atoms with E-state index in [1.165, 1.54) is 4.68 Å². The van der Waals surface area contributed by atoms with E-state index in [1.54, 1.807) is 14.0 Å². The van der Waals surface area contributed by atoms with Gasteiger partial charge in [-0.15, -0.1) is 0 Å². The van der Waals surface area contributed by atoms with E-state index in [1.807, 2.05) is 0 Å². The van der Waals surface area contributed by atoms with E-state index in [9.17, 15) is 9.00 Å². The molecule has 1 aromatic rings. The Morgan fingerprint density at radius 3 is 2.69 bits per heavy atom. The molecule has 1 unspecified atom stereocenters. The van der Waals surface area contributed by atoms with Crippen LogP contribution < -0.4 is 0 Å². The van der Waals surface area contributed by atoms with Gasteiger partial charge in [-0.3, -0.25) is 13.7 Å². The van der Waals surface area contributed by atoms with Gasteiger partial charge in [0.05, 0.1) is 17.9 Å². The lowest BCUT2D eigenvalue weighted by atomic mass is 10.3. The first-order valence-electron chi connectivity index (χ1n) is 4.66. The highest BCUT2D eigenvalue weighted by Gasteiger charge is 2.14. The summed E-state index contributed by atoms with van der Waals surface area (Å²) in [4.78, 5) is 10.3. The Labute approximate surface area is 101 Å². The van der Waals surface area contributed by atoms with Crippen LogP contribution in [0.5, 0.6) is 0 Å². The predicted octanol–water partition coefficient (Wildman–Crippen LogP) is 1.11. The number of rotatable bonds is 5. The van der Waals surface area contributed by atoms with Crippen molar-refractivity contribution in [1.82, 2.24) is 9.78 Å². The normalized spacial score (nSPS) is 12.7. The van der Waals surface area contributed by atoms with Gasteiger partial charge in [0, 0.05) is 29.2 Å². The summed E-state index contributed by atoms with van der Waals surface area (Å²) in [6.45, 7) is 1.79. The van der Waals surface area contributed by atoms with Gasteiger partial charge in [0.1, 0.15) is 5.15 Å². The maximum atomic E-state index is 11.6. The number of carbonyl (C=O) groups is 1. The SMILES string of the molecule is Cc1nn(C)c(Cl)c1CS(=O)CCC(=O)O. The third-order valence-electron chi connectivity index (χ3n) is 2.12. The van der Waals surface area contributed by atoms with Crippen molar-refractivity contribution >= 4 is 28.4 Å². The molecule has 0 radical (unpaired) electrons. The van der Waals surface area contributed by atoms with Crippen molar-refractivity contribution < 1.29 is 14.1 Å². The summed E-state index contributed by atoms with van der Waals surface area (Å²) < 4.78 is 13.1. The van der Waals surface area contributed by atoms with Gasteiger partial charge in [0.2, 0.25) is 0 Å². The van der Waals surface area contributed by atoms with Crippen LogP contribution in [0, 0.1) is 6.92 Å². The highest BCUT2D eigenvalue weighted by Crippen LogP contribution is 2.20. The van der Waals surface area contributed by atoms with Crippen molar-refractivity contribution in [2.45, 2.75) is 19.1 Å². The van der Waals surface area contributed by atoms with E-state index >= 15 is 0 Å². The van der Waals surface area contributed by atoms with E-state index in [0.29, 0.717) is 5.15 Å².